The van der Waals surface area contributed by atoms with Crippen LogP contribution in [0.2, 0.25) is 0 Å². The van der Waals surface area contributed by atoms with Crippen LogP contribution in [0.15, 0.2) is 0 Å². The van der Waals surface area contributed by atoms with Crippen LogP contribution in [0.3, 0.4) is 0 Å². The Bertz CT molecular complexity index is 329. The molecule has 1 rings (SSSR count). The van der Waals surface area contributed by atoms with E-state index in [1.54, 1.807) is 6.92 Å². The molecule has 0 aromatic heterocycles. The third-order valence-corrected chi connectivity index (χ3v) is 3.29. The van der Waals surface area contributed by atoms with Crippen molar-refractivity contribution in [3.05, 3.63) is 0 Å². The highest BCUT2D eigenvalue weighted by atomic mass is 16.6. The van der Waals surface area contributed by atoms with Gasteiger partial charge in [0.15, 0.2) is 0 Å². The van der Waals surface area contributed by atoms with Crippen molar-refractivity contribution < 1.29 is 19.1 Å². The maximum Gasteiger partial charge on any atom is 0.312 e. The molecule has 1 aliphatic rings. The van der Waals surface area contributed by atoms with E-state index in [-0.39, 0.29) is 24.3 Å². The summed E-state index contributed by atoms with van der Waals surface area (Å²) in [4.78, 5) is 23.8. The molecule has 0 spiro atoms. The van der Waals surface area contributed by atoms with Gasteiger partial charge in [-0.25, -0.2) is 0 Å². The summed E-state index contributed by atoms with van der Waals surface area (Å²) in [6, 6.07) is 0. The summed E-state index contributed by atoms with van der Waals surface area (Å²) < 4.78 is 10.4. The first-order valence-corrected chi connectivity index (χ1v) is 6.64. The first kappa shape index (κ1) is 15.0. The van der Waals surface area contributed by atoms with Crippen LogP contribution in [-0.2, 0) is 19.1 Å². The minimum Gasteiger partial charge on any atom is -0.466 e. The van der Waals surface area contributed by atoms with Crippen molar-refractivity contribution in [2.24, 2.45) is 11.3 Å². The van der Waals surface area contributed by atoms with Crippen LogP contribution >= 0.6 is 0 Å². The number of ether oxygens (including phenoxy) is 2. The molecule has 0 N–H and O–H groups in total. The molecule has 0 amide bonds. The monoisotopic (exact) mass is 256 g/mol. The summed E-state index contributed by atoms with van der Waals surface area (Å²) in [5.74, 6) is -0.307. The van der Waals surface area contributed by atoms with Crippen LogP contribution in [0.5, 0.6) is 0 Å². The highest BCUT2D eigenvalue weighted by Crippen LogP contribution is 2.58. The molecule has 2 atom stereocenters. The highest BCUT2D eigenvalue weighted by molar-refractivity contribution is 5.86. The molecule has 0 aliphatic heterocycles. The molecule has 0 bridgehead atoms. The molecule has 18 heavy (non-hydrogen) atoms. The van der Waals surface area contributed by atoms with Crippen molar-refractivity contribution in [3.63, 3.8) is 0 Å². The Hall–Kier alpha value is -1.06. The van der Waals surface area contributed by atoms with E-state index in [0.717, 1.165) is 12.8 Å². The maximum atomic E-state index is 12.0. The number of hydrogen-bond acceptors (Lipinski definition) is 4. The molecule has 4 heteroatoms. The van der Waals surface area contributed by atoms with E-state index < -0.39 is 11.0 Å². The Balaban J connectivity index is 2.65. The number of carbonyl (C=O) groups excluding carboxylic acids is 2. The van der Waals surface area contributed by atoms with E-state index in [1.807, 2.05) is 27.7 Å². The fourth-order valence-corrected chi connectivity index (χ4v) is 2.36. The molecule has 104 valence electrons. The Morgan fingerprint density at radius 2 is 1.89 bits per heavy atom. The van der Waals surface area contributed by atoms with Crippen molar-refractivity contribution in [2.75, 3.05) is 6.61 Å². The van der Waals surface area contributed by atoms with Crippen molar-refractivity contribution in [1.82, 2.24) is 0 Å². The minimum atomic E-state index is -0.618. The Kier molecular flexibility index (Phi) is 4.41. The number of esters is 2. The Labute approximate surface area is 109 Å². The van der Waals surface area contributed by atoms with Crippen LogP contribution in [-0.4, -0.2) is 24.1 Å². The van der Waals surface area contributed by atoms with Gasteiger partial charge in [-0.2, -0.15) is 0 Å². The lowest BCUT2D eigenvalue weighted by molar-refractivity contribution is -0.163. The molecule has 0 saturated heterocycles. The van der Waals surface area contributed by atoms with Crippen LogP contribution in [0.4, 0.5) is 0 Å². The molecule has 4 nitrogen and oxygen atoms in total. The Morgan fingerprint density at radius 1 is 1.28 bits per heavy atom. The van der Waals surface area contributed by atoms with Crippen LogP contribution in [0.1, 0.15) is 53.9 Å². The van der Waals surface area contributed by atoms with Gasteiger partial charge in [-0.15, -0.1) is 0 Å². The van der Waals surface area contributed by atoms with Gasteiger partial charge in [-0.3, -0.25) is 9.59 Å². The topological polar surface area (TPSA) is 52.6 Å². The number of rotatable bonds is 5. The zero-order valence-corrected chi connectivity index (χ0v) is 12.0. The molecule has 1 saturated carbocycles. The van der Waals surface area contributed by atoms with E-state index in [4.69, 9.17) is 9.47 Å². The van der Waals surface area contributed by atoms with Crippen LogP contribution in [0, 0.1) is 11.3 Å². The average Bonchev–Trinajstić information content (AvgIpc) is 2.90. The molecule has 0 unspecified atom stereocenters. The molecular weight excluding hydrogens is 232 g/mol. The predicted octanol–water partition coefficient (Wildman–Crippen LogP) is 2.70. The lowest BCUT2D eigenvalue weighted by Crippen LogP contribution is -2.30. The number of hydrogen-bond donors (Lipinski definition) is 0. The summed E-state index contributed by atoms with van der Waals surface area (Å²) in [7, 11) is 0. The Morgan fingerprint density at radius 3 is 2.28 bits per heavy atom. The molecule has 1 aliphatic carbocycles. The van der Waals surface area contributed by atoms with Gasteiger partial charge in [0.05, 0.1) is 18.4 Å². The second-order valence-corrected chi connectivity index (χ2v) is 5.95. The van der Waals surface area contributed by atoms with Gasteiger partial charge in [0.1, 0.15) is 5.60 Å². The minimum absolute atomic E-state index is 0.140. The zero-order valence-electron chi connectivity index (χ0n) is 12.0. The van der Waals surface area contributed by atoms with Gasteiger partial charge in [0.2, 0.25) is 0 Å². The standard InChI is InChI=1S/C14H24O4/c1-6-10-8-14(10,12(16)17-7-2)9-11(15)18-13(3,4)5/h10H,6-9H2,1-5H3/t10-,14-/m1/s1. The number of carbonyl (C=O) groups is 2. The molecule has 0 heterocycles. The molecule has 0 aromatic carbocycles. The molecule has 0 aromatic rings. The molecular formula is C14H24O4. The average molecular weight is 256 g/mol. The third kappa shape index (κ3) is 3.47. The third-order valence-electron chi connectivity index (χ3n) is 3.29. The smallest absolute Gasteiger partial charge is 0.312 e. The van der Waals surface area contributed by atoms with Crippen molar-refractivity contribution in [2.45, 2.75) is 59.5 Å². The van der Waals surface area contributed by atoms with Crippen molar-refractivity contribution in [1.29, 1.82) is 0 Å². The highest BCUT2D eigenvalue weighted by Gasteiger charge is 2.61. The summed E-state index contributed by atoms with van der Waals surface area (Å²) in [6.07, 6.45) is 1.77. The van der Waals surface area contributed by atoms with Gasteiger partial charge in [0.25, 0.3) is 0 Å². The first-order valence-electron chi connectivity index (χ1n) is 6.64. The largest absolute Gasteiger partial charge is 0.466 e. The van der Waals surface area contributed by atoms with Gasteiger partial charge < -0.3 is 9.47 Å². The SMILES string of the molecule is CCOC(=O)[C@@]1(CC(=O)OC(C)(C)C)C[C@H]1CC. The van der Waals surface area contributed by atoms with E-state index >= 15 is 0 Å². The normalized spacial score (nSPS) is 26.6. The van der Waals surface area contributed by atoms with E-state index in [1.165, 1.54) is 0 Å². The van der Waals surface area contributed by atoms with E-state index in [0.29, 0.717) is 6.61 Å². The maximum absolute atomic E-state index is 12.0. The van der Waals surface area contributed by atoms with Crippen molar-refractivity contribution >= 4 is 11.9 Å². The molecule has 1 fully saturated rings. The van der Waals surface area contributed by atoms with Crippen molar-refractivity contribution in [3.8, 4) is 0 Å². The first-order chi connectivity index (χ1) is 8.25. The second-order valence-electron chi connectivity index (χ2n) is 5.95. The molecule has 0 radical (unpaired) electrons. The fourth-order valence-electron chi connectivity index (χ4n) is 2.36. The summed E-state index contributed by atoms with van der Waals surface area (Å²) >= 11 is 0. The van der Waals surface area contributed by atoms with Gasteiger partial charge in [-0.05, 0) is 40.0 Å². The van der Waals surface area contributed by atoms with E-state index in [2.05, 4.69) is 0 Å². The summed E-state index contributed by atoms with van der Waals surface area (Å²) in [6.45, 7) is 9.64. The summed E-state index contributed by atoms with van der Waals surface area (Å²) in [5, 5.41) is 0. The van der Waals surface area contributed by atoms with Gasteiger partial charge in [0, 0.05) is 0 Å². The van der Waals surface area contributed by atoms with Gasteiger partial charge in [-0.1, -0.05) is 13.3 Å². The summed E-state index contributed by atoms with van der Waals surface area (Å²) in [5.41, 5.74) is -1.13. The quantitative estimate of drug-likeness (QED) is 0.710. The van der Waals surface area contributed by atoms with Crippen LogP contribution < -0.4 is 0 Å². The van der Waals surface area contributed by atoms with E-state index in [9.17, 15) is 9.59 Å². The lowest BCUT2D eigenvalue weighted by atomic mass is 9.98. The lowest BCUT2D eigenvalue weighted by Gasteiger charge is -2.22. The zero-order chi connectivity index (χ0) is 14.0. The predicted molar refractivity (Wildman–Crippen MR) is 67.9 cm³/mol. The van der Waals surface area contributed by atoms with Gasteiger partial charge >= 0.3 is 11.9 Å². The second kappa shape index (κ2) is 5.29. The fraction of sp³-hybridized carbons (Fsp3) is 0.857. The van der Waals surface area contributed by atoms with Crippen LogP contribution in [0.25, 0.3) is 0 Å².